The lowest BCUT2D eigenvalue weighted by Crippen LogP contribution is -2.31. The molecule has 4 aromatic heterocycles. The third kappa shape index (κ3) is 8.08. The number of pyridine rings is 2. The summed E-state index contributed by atoms with van der Waals surface area (Å²) >= 11 is 0. The summed E-state index contributed by atoms with van der Waals surface area (Å²) < 4.78 is 0. The standard InChI is InChI=1S/C44H42N8O2.2H2S/c53-41(19-9-29-5-1-21-45-27-29)51-23-3-7-39(51)43-47-35-17-15-33(25-37(35)49-43)31-11-13-32(14-12-31)34-16-18-36-38(26-34)50-44(48-36)40-8-4-24-52(40)42(54)20-10-30-6-2-22-46-28-30;;/h1-2,5-6,11-18,21-22,25-28,39-40H,3-4,7-10,19-20,23-24H2,(H,47,49)(H,48,50);2*1H2/t39-,40-;;/m0../s1. The lowest BCUT2D eigenvalue weighted by atomic mass is 10.00. The number of aromatic amines is 2. The number of rotatable bonds is 10. The fraction of sp³-hybridized carbons (Fsp3) is 0.273. The number of carbonyl (C=O) groups is 2. The molecule has 56 heavy (non-hydrogen) atoms. The van der Waals surface area contributed by atoms with Crippen LogP contribution in [0.25, 0.3) is 44.3 Å². The molecule has 2 aliphatic rings. The van der Waals surface area contributed by atoms with Crippen molar-refractivity contribution in [2.75, 3.05) is 13.1 Å². The van der Waals surface area contributed by atoms with Gasteiger partial charge in [0.1, 0.15) is 11.6 Å². The SMILES string of the molecule is O=C(CCc1cccnc1)N1CCC[C@H]1c1nc2ccc(-c3ccc(-c4ccc5nc([C@@H]6CCCN6C(=O)CCc6cccnc6)[nH]c5c4)cc3)cc2[nH]1.S.S. The number of nitrogens with one attached hydrogen (secondary N) is 2. The lowest BCUT2D eigenvalue weighted by molar-refractivity contribution is -0.133. The van der Waals surface area contributed by atoms with Gasteiger partial charge in [0, 0.05) is 50.7 Å². The number of likely N-dealkylation sites (tertiary alicyclic amines) is 2. The Bertz CT molecular complexity index is 2260. The second-order valence-corrected chi connectivity index (χ2v) is 14.5. The Morgan fingerprint density at radius 2 is 1.02 bits per heavy atom. The first-order valence-corrected chi connectivity index (χ1v) is 19.0. The van der Waals surface area contributed by atoms with Crippen LogP contribution >= 0.6 is 27.0 Å². The molecule has 2 atom stereocenters. The highest BCUT2D eigenvalue weighted by atomic mass is 32.1. The van der Waals surface area contributed by atoms with Crippen LogP contribution in [0, 0.1) is 0 Å². The minimum atomic E-state index is -0.0349. The molecule has 0 saturated carbocycles. The third-order valence-corrected chi connectivity index (χ3v) is 11.0. The van der Waals surface area contributed by atoms with Crippen LogP contribution < -0.4 is 0 Å². The van der Waals surface area contributed by atoms with Crippen molar-refractivity contribution in [3.8, 4) is 22.3 Å². The van der Waals surface area contributed by atoms with Crippen LogP contribution in [-0.2, 0) is 22.4 Å². The van der Waals surface area contributed by atoms with E-state index < -0.39 is 0 Å². The predicted octanol–water partition coefficient (Wildman–Crippen LogP) is 8.38. The van der Waals surface area contributed by atoms with Crippen molar-refractivity contribution >= 4 is 60.9 Å². The van der Waals surface area contributed by atoms with Gasteiger partial charge in [-0.05, 0) is 108 Å². The highest BCUT2D eigenvalue weighted by molar-refractivity contribution is 7.59. The monoisotopic (exact) mass is 782 g/mol. The molecule has 2 saturated heterocycles. The molecule has 0 unspecified atom stereocenters. The molecule has 7 aromatic rings. The van der Waals surface area contributed by atoms with E-state index in [-0.39, 0.29) is 50.9 Å². The molecule has 0 radical (unpaired) electrons. The second kappa shape index (κ2) is 17.1. The molecular formula is C44H46N8O2S2. The average Bonchev–Trinajstić information content (AvgIpc) is 4.05. The van der Waals surface area contributed by atoms with Crippen LogP contribution in [0.4, 0.5) is 0 Å². The van der Waals surface area contributed by atoms with E-state index in [9.17, 15) is 9.59 Å². The number of fused-ring (bicyclic) bond motifs is 2. The van der Waals surface area contributed by atoms with E-state index in [1.807, 2.05) is 46.5 Å². The zero-order valence-electron chi connectivity index (χ0n) is 31.1. The van der Waals surface area contributed by atoms with Crippen molar-refractivity contribution in [1.82, 2.24) is 39.7 Å². The van der Waals surface area contributed by atoms with Gasteiger partial charge in [0.05, 0.1) is 34.2 Å². The Labute approximate surface area is 340 Å². The quantitative estimate of drug-likeness (QED) is 0.144. The summed E-state index contributed by atoms with van der Waals surface area (Å²) in [4.78, 5) is 55.8. The Kier molecular flexibility index (Phi) is 11.9. The second-order valence-electron chi connectivity index (χ2n) is 14.5. The van der Waals surface area contributed by atoms with Crippen molar-refractivity contribution < 1.29 is 9.59 Å². The summed E-state index contributed by atoms with van der Waals surface area (Å²) in [5.41, 5.74) is 10.3. The van der Waals surface area contributed by atoms with Crippen LogP contribution in [0.3, 0.4) is 0 Å². The van der Waals surface area contributed by atoms with Crippen molar-refractivity contribution in [3.63, 3.8) is 0 Å². The van der Waals surface area contributed by atoms with Gasteiger partial charge in [-0.2, -0.15) is 27.0 Å². The Balaban J connectivity index is 0.00000240. The first-order chi connectivity index (χ1) is 26.6. The maximum absolute atomic E-state index is 13.2. The van der Waals surface area contributed by atoms with Crippen molar-refractivity contribution in [2.45, 2.75) is 63.5 Å². The largest absolute Gasteiger partial charge is 0.340 e. The summed E-state index contributed by atoms with van der Waals surface area (Å²) in [6, 6.07) is 29.1. The van der Waals surface area contributed by atoms with Crippen LogP contribution in [0.15, 0.2) is 110 Å². The summed E-state index contributed by atoms with van der Waals surface area (Å²) in [7, 11) is 0. The molecule has 2 N–H and O–H groups in total. The molecule has 2 amide bonds. The Hall–Kier alpha value is -5.46. The van der Waals surface area contributed by atoms with Gasteiger partial charge in [-0.15, -0.1) is 0 Å². The zero-order valence-corrected chi connectivity index (χ0v) is 33.1. The van der Waals surface area contributed by atoms with Gasteiger partial charge in [-0.3, -0.25) is 19.6 Å². The molecule has 10 nitrogen and oxygen atoms in total. The molecule has 2 aliphatic heterocycles. The molecule has 0 aliphatic carbocycles. The number of carbonyl (C=O) groups excluding carboxylic acids is 2. The first-order valence-electron chi connectivity index (χ1n) is 19.0. The fourth-order valence-corrected chi connectivity index (χ4v) is 8.17. The number of benzene rings is 3. The highest BCUT2D eigenvalue weighted by Crippen LogP contribution is 2.35. The number of nitrogens with zero attached hydrogens (tertiary/aromatic N) is 6. The molecule has 0 bridgehead atoms. The van der Waals surface area contributed by atoms with E-state index >= 15 is 0 Å². The first kappa shape index (κ1) is 38.8. The topological polar surface area (TPSA) is 124 Å². The van der Waals surface area contributed by atoms with E-state index in [4.69, 9.17) is 9.97 Å². The van der Waals surface area contributed by atoms with Gasteiger partial charge in [-0.1, -0.05) is 48.5 Å². The van der Waals surface area contributed by atoms with Crippen LogP contribution in [-0.4, -0.2) is 64.6 Å². The maximum atomic E-state index is 13.2. The van der Waals surface area contributed by atoms with Crippen molar-refractivity contribution in [3.05, 3.63) is 132 Å². The molecular weight excluding hydrogens is 737 g/mol. The van der Waals surface area contributed by atoms with Gasteiger partial charge in [0.2, 0.25) is 11.8 Å². The third-order valence-electron chi connectivity index (χ3n) is 11.0. The van der Waals surface area contributed by atoms with Gasteiger partial charge in [0.15, 0.2) is 0 Å². The van der Waals surface area contributed by atoms with E-state index in [0.29, 0.717) is 25.7 Å². The number of imidazole rings is 2. The maximum Gasteiger partial charge on any atom is 0.223 e. The number of hydrogen-bond donors (Lipinski definition) is 2. The normalized spacial score (nSPS) is 16.6. The van der Waals surface area contributed by atoms with Gasteiger partial charge in [-0.25, -0.2) is 9.97 Å². The minimum Gasteiger partial charge on any atom is -0.340 e. The smallest absolute Gasteiger partial charge is 0.223 e. The van der Waals surface area contributed by atoms with Crippen molar-refractivity contribution in [1.29, 1.82) is 0 Å². The molecule has 2 fully saturated rings. The predicted molar refractivity (Wildman–Crippen MR) is 230 cm³/mol. The number of H-pyrrole nitrogens is 2. The molecule has 286 valence electrons. The molecule has 0 spiro atoms. The van der Waals surface area contributed by atoms with Crippen LogP contribution in [0.1, 0.15) is 73.4 Å². The van der Waals surface area contributed by atoms with Gasteiger partial charge < -0.3 is 19.8 Å². The Morgan fingerprint density at radius 3 is 1.43 bits per heavy atom. The number of amides is 2. The summed E-state index contributed by atoms with van der Waals surface area (Å²) in [6.07, 6.45) is 13.2. The van der Waals surface area contributed by atoms with Crippen LogP contribution in [0.2, 0.25) is 0 Å². The number of hydrogen-bond acceptors (Lipinski definition) is 6. The van der Waals surface area contributed by atoms with E-state index in [2.05, 4.69) is 80.6 Å². The molecule has 12 heteroatoms. The van der Waals surface area contributed by atoms with E-state index in [0.717, 1.165) is 106 Å². The molecule has 6 heterocycles. The fourth-order valence-electron chi connectivity index (χ4n) is 8.17. The summed E-state index contributed by atoms with van der Waals surface area (Å²) in [5, 5.41) is 0. The van der Waals surface area contributed by atoms with E-state index in [1.165, 1.54) is 0 Å². The van der Waals surface area contributed by atoms with Crippen LogP contribution in [0.5, 0.6) is 0 Å². The molecule has 3 aromatic carbocycles. The lowest BCUT2D eigenvalue weighted by Gasteiger charge is -2.23. The zero-order chi connectivity index (χ0) is 36.4. The number of aryl methyl sites for hydroxylation is 2. The number of aromatic nitrogens is 6. The molecule has 9 rings (SSSR count). The van der Waals surface area contributed by atoms with Gasteiger partial charge in [0.25, 0.3) is 0 Å². The van der Waals surface area contributed by atoms with Gasteiger partial charge >= 0.3 is 0 Å². The average molecular weight is 783 g/mol. The minimum absolute atomic E-state index is 0. The highest BCUT2D eigenvalue weighted by Gasteiger charge is 2.33. The summed E-state index contributed by atoms with van der Waals surface area (Å²) in [6.45, 7) is 1.52. The Morgan fingerprint density at radius 1 is 0.589 bits per heavy atom. The van der Waals surface area contributed by atoms with E-state index in [1.54, 1.807) is 12.4 Å². The van der Waals surface area contributed by atoms with Crippen molar-refractivity contribution in [2.24, 2.45) is 0 Å². The summed E-state index contributed by atoms with van der Waals surface area (Å²) in [5.74, 6) is 2.04.